The topological polar surface area (TPSA) is 51.2 Å². The van der Waals surface area contributed by atoms with E-state index in [0.29, 0.717) is 11.7 Å². The molecule has 0 aliphatic rings. The van der Waals surface area contributed by atoms with Crippen LogP contribution in [-0.2, 0) is 11.3 Å². The molecule has 0 fully saturated rings. The van der Waals surface area contributed by atoms with Gasteiger partial charge in [0, 0.05) is 17.5 Å². The zero-order chi connectivity index (χ0) is 18.4. The fraction of sp³-hybridized carbons (Fsp3) is 0.143. The van der Waals surface area contributed by atoms with Crippen LogP contribution < -0.4 is 5.32 Å². The summed E-state index contributed by atoms with van der Waals surface area (Å²) in [7, 11) is 0. The summed E-state index contributed by atoms with van der Waals surface area (Å²) in [6, 6.07) is 17.5. The Kier molecular flexibility index (Phi) is 5.87. The summed E-state index contributed by atoms with van der Waals surface area (Å²) < 4.78 is 5.15. The van der Waals surface area contributed by atoms with Crippen LogP contribution in [0.25, 0.3) is 17.0 Å². The molecule has 0 radical (unpaired) electrons. The molecule has 5 heteroatoms. The van der Waals surface area contributed by atoms with Crippen LogP contribution in [0.15, 0.2) is 60.7 Å². The van der Waals surface area contributed by atoms with Crippen LogP contribution in [0.3, 0.4) is 0 Å². The third-order valence-corrected chi connectivity index (χ3v) is 4.21. The van der Waals surface area contributed by atoms with Gasteiger partial charge in [-0.15, -0.1) is 0 Å². The molecular formula is C21H19ClN2O2. The first-order chi connectivity index (χ1) is 12.6. The van der Waals surface area contributed by atoms with Gasteiger partial charge in [-0.2, -0.15) is 0 Å². The van der Waals surface area contributed by atoms with Crippen molar-refractivity contribution in [1.82, 2.24) is 10.3 Å². The summed E-state index contributed by atoms with van der Waals surface area (Å²) in [6.07, 6.45) is 3.19. The minimum atomic E-state index is -0.461. The maximum atomic E-state index is 11.7. The molecule has 0 aliphatic carbocycles. The Morgan fingerprint density at radius 2 is 2.00 bits per heavy atom. The summed E-state index contributed by atoms with van der Waals surface area (Å²) in [5.74, 6) is 0. The largest absolute Gasteiger partial charge is 0.445 e. The Labute approximate surface area is 157 Å². The highest BCUT2D eigenvalue weighted by molar-refractivity contribution is 6.31. The lowest BCUT2D eigenvalue weighted by Gasteiger charge is -2.06. The molecule has 4 nitrogen and oxygen atoms in total. The number of halogens is 1. The number of hydrogen-bond acceptors (Lipinski definition) is 3. The van der Waals surface area contributed by atoms with Crippen molar-refractivity contribution in [1.29, 1.82) is 0 Å². The fourth-order valence-electron chi connectivity index (χ4n) is 2.56. The number of fused-ring (bicyclic) bond motifs is 1. The number of carbonyl (C=O) groups excluding carboxylic acids is 1. The van der Waals surface area contributed by atoms with E-state index in [1.165, 1.54) is 0 Å². The van der Waals surface area contributed by atoms with Crippen LogP contribution in [-0.4, -0.2) is 17.6 Å². The van der Waals surface area contributed by atoms with Gasteiger partial charge < -0.3 is 10.1 Å². The second-order valence-corrected chi connectivity index (χ2v) is 6.22. The first kappa shape index (κ1) is 18.0. The van der Waals surface area contributed by atoms with Gasteiger partial charge >= 0.3 is 6.09 Å². The Balaban J connectivity index is 1.54. The smallest absolute Gasteiger partial charge is 0.407 e. The van der Waals surface area contributed by atoms with Gasteiger partial charge in [0.1, 0.15) is 11.8 Å². The van der Waals surface area contributed by atoms with Crippen LogP contribution >= 0.6 is 11.6 Å². The number of nitrogens with zero attached hydrogens (tertiary/aromatic N) is 1. The molecular weight excluding hydrogens is 348 g/mol. The highest BCUT2D eigenvalue weighted by Gasteiger charge is 2.05. The fourth-order valence-corrected chi connectivity index (χ4v) is 2.76. The average molecular weight is 367 g/mol. The molecule has 0 atom stereocenters. The van der Waals surface area contributed by atoms with Gasteiger partial charge in [-0.25, -0.2) is 9.78 Å². The lowest BCUT2D eigenvalue weighted by atomic mass is 10.1. The zero-order valence-electron chi connectivity index (χ0n) is 14.4. The van der Waals surface area contributed by atoms with Crippen molar-refractivity contribution < 1.29 is 9.53 Å². The molecule has 1 amide bonds. The third-order valence-electron chi connectivity index (χ3n) is 3.90. The van der Waals surface area contributed by atoms with E-state index in [9.17, 15) is 4.79 Å². The first-order valence-electron chi connectivity index (χ1n) is 8.30. The normalized spacial score (nSPS) is 11.0. The lowest BCUT2D eigenvalue weighted by Crippen LogP contribution is -2.24. The maximum Gasteiger partial charge on any atom is 0.407 e. The van der Waals surface area contributed by atoms with E-state index in [1.54, 1.807) is 0 Å². The van der Waals surface area contributed by atoms with Crippen LogP contribution in [0, 0.1) is 6.92 Å². The van der Waals surface area contributed by atoms with Gasteiger partial charge in [-0.1, -0.05) is 72.3 Å². The molecule has 132 valence electrons. The van der Waals surface area contributed by atoms with Crippen molar-refractivity contribution in [3.05, 3.63) is 82.5 Å². The molecule has 0 unspecified atom stereocenters. The van der Waals surface area contributed by atoms with Crippen molar-refractivity contribution in [3.8, 4) is 0 Å². The van der Waals surface area contributed by atoms with E-state index in [0.717, 1.165) is 27.6 Å². The van der Waals surface area contributed by atoms with Crippen LogP contribution in [0.4, 0.5) is 4.79 Å². The SMILES string of the molecule is Cc1cccc2cc(C=CCNC(=O)OCc3ccccc3)c(Cl)nc12. The third kappa shape index (κ3) is 4.61. The lowest BCUT2D eigenvalue weighted by molar-refractivity contribution is 0.141. The number of aromatic nitrogens is 1. The molecule has 1 N–H and O–H groups in total. The number of rotatable bonds is 5. The zero-order valence-corrected chi connectivity index (χ0v) is 15.2. The van der Waals surface area contributed by atoms with E-state index >= 15 is 0 Å². The molecule has 0 aliphatic heterocycles. The highest BCUT2D eigenvalue weighted by Crippen LogP contribution is 2.23. The number of ether oxygens (including phenoxy) is 1. The minimum Gasteiger partial charge on any atom is -0.445 e. The molecule has 0 spiro atoms. The Morgan fingerprint density at radius 1 is 1.19 bits per heavy atom. The summed E-state index contributed by atoms with van der Waals surface area (Å²) in [4.78, 5) is 16.2. The van der Waals surface area contributed by atoms with Crippen molar-refractivity contribution in [2.24, 2.45) is 0 Å². The quantitative estimate of drug-likeness (QED) is 0.636. The van der Waals surface area contributed by atoms with Crippen LogP contribution in [0.5, 0.6) is 0 Å². The van der Waals surface area contributed by atoms with Gasteiger partial charge in [0.05, 0.1) is 5.52 Å². The number of pyridine rings is 1. The standard InChI is InChI=1S/C21H19ClN2O2/c1-15-7-5-10-17-13-18(20(22)24-19(15)17)11-6-12-23-21(25)26-14-16-8-3-2-4-9-16/h2-11,13H,12,14H2,1H3,(H,23,25). The average Bonchev–Trinajstić information content (AvgIpc) is 2.65. The van der Waals surface area contributed by atoms with E-state index in [1.807, 2.05) is 73.7 Å². The molecule has 0 saturated carbocycles. The number of carbonyl (C=O) groups is 1. The first-order valence-corrected chi connectivity index (χ1v) is 8.68. The van der Waals surface area contributed by atoms with Gasteiger partial charge in [0.2, 0.25) is 0 Å². The second kappa shape index (κ2) is 8.50. The van der Waals surface area contributed by atoms with E-state index in [2.05, 4.69) is 10.3 Å². The van der Waals surface area contributed by atoms with E-state index in [4.69, 9.17) is 16.3 Å². The highest BCUT2D eigenvalue weighted by atomic mass is 35.5. The van der Waals surface area contributed by atoms with E-state index in [-0.39, 0.29) is 6.61 Å². The van der Waals surface area contributed by atoms with Gasteiger partial charge in [-0.3, -0.25) is 0 Å². The monoisotopic (exact) mass is 366 g/mol. The predicted molar refractivity (Wildman–Crippen MR) is 105 cm³/mol. The molecule has 2 aromatic carbocycles. The van der Waals surface area contributed by atoms with E-state index < -0.39 is 6.09 Å². The minimum absolute atomic E-state index is 0.246. The molecule has 1 heterocycles. The number of benzene rings is 2. The Bertz CT molecular complexity index is 939. The van der Waals surface area contributed by atoms with Crippen LogP contribution in [0.1, 0.15) is 16.7 Å². The number of nitrogens with one attached hydrogen (secondary N) is 1. The Hall–Kier alpha value is -2.85. The number of alkyl carbamates (subject to hydrolysis) is 1. The Morgan fingerprint density at radius 3 is 2.81 bits per heavy atom. The summed E-state index contributed by atoms with van der Waals surface area (Å²) >= 11 is 6.26. The van der Waals surface area contributed by atoms with Crippen molar-refractivity contribution in [2.45, 2.75) is 13.5 Å². The molecule has 3 rings (SSSR count). The summed E-state index contributed by atoms with van der Waals surface area (Å²) in [5.41, 5.74) is 3.74. The number of para-hydroxylation sites is 1. The molecule has 1 aromatic heterocycles. The number of aryl methyl sites for hydroxylation is 1. The molecule has 3 aromatic rings. The number of amides is 1. The molecule has 0 bridgehead atoms. The second-order valence-electron chi connectivity index (χ2n) is 5.86. The van der Waals surface area contributed by atoms with Crippen molar-refractivity contribution >= 4 is 34.7 Å². The van der Waals surface area contributed by atoms with Crippen LogP contribution in [0.2, 0.25) is 5.15 Å². The van der Waals surface area contributed by atoms with Gasteiger partial charge in [0.25, 0.3) is 0 Å². The van der Waals surface area contributed by atoms with Crippen molar-refractivity contribution in [2.75, 3.05) is 6.54 Å². The molecule has 26 heavy (non-hydrogen) atoms. The molecule has 0 saturated heterocycles. The van der Waals surface area contributed by atoms with Gasteiger partial charge in [-0.05, 0) is 24.1 Å². The maximum absolute atomic E-state index is 11.7. The summed E-state index contributed by atoms with van der Waals surface area (Å²) in [6.45, 7) is 2.60. The van der Waals surface area contributed by atoms with Gasteiger partial charge in [0.15, 0.2) is 0 Å². The summed E-state index contributed by atoms with van der Waals surface area (Å²) in [5, 5.41) is 4.15. The number of hydrogen-bond donors (Lipinski definition) is 1. The van der Waals surface area contributed by atoms with Crippen molar-refractivity contribution in [3.63, 3.8) is 0 Å². The predicted octanol–water partition coefficient (Wildman–Crippen LogP) is 5.14.